The number of carbonyl (C=O) groups is 1. The molecular weight excluding hydrogens is 326 g/mol. The second-order valence-electron chi connectivity index (χ2n) is 5.45. The van der Waals surface area contributed by atoms with Crippen molar-refractivity contribution in [3.05, 3.63) is 46.5 Å². The van der Waals surface area contributed by atoms with Gasteiger partial charge in [0.2, 0.25) is 11.9 Å². The molecule has 0 aromatic carbocycles. The second-order valence-corrected chi connectivity index (χ2v) is 6.45. The summed E-state index contributed by atoms with van der Waals surface area (Å²) < 4.78 is 0. The second kappa shape index (κ2) is 7.96. The number of likely N-dealkylation sites (tertiary alicyclic amines) is 1. The number of anilines is 1. The average molecular weight is 345 g/mol. The Kier molecular flexibility index (Phi) is 5.47. The molecule has 3 heterocycles. The fourth-order valence-corrected chi connectivity index (χ4v) is 3.25. The van der Waals surface area contributed by atoms with E-state index in [4.69, 9.17) is 0 Å². The van der Waals surface area contributed by atoms with Crippen LogP contribution in [0.5, 0.6) is 0 Å². The zero-order valence-electron chi connectivity index (χ0n) is 13.2. The quantitative estimate of drug-likeness (QED) is 0.739. The average Bonchev–Trinajstić information content (AvgIpc) is 2.99. The summed E-state index contributed by atoms with van der Waals surface area (Å²) in [4.78, 5) is 36.5. The number of hydrogen-bond acceptors (Lipinski definition) is 6. The van der Waals surface area contributed by atoms with Crippen LogP contribution in [-0.4, -0.2) is 45.4 Å². The van der Waals surface area contributed by atoms with Crippen LogP contribution < -0.4 is 10.9 Å². The van der Waals surface area contributed by atoms with E-state index in [1.807, 2.05) is 23.1 Å². The summed E-state index contributed by atoms with van der Waals surface area (Å²) in [7, 11) is 0. The Morgan fingerprint density at radius 2 is 2.25 bits per heavy atom. The van der Waals surface area contributed by atoms with Crippen LogP contribution in [-0.2, 0) is 10.5 Å². The van der Waals surface area contributed by atoms with E-state index in [0.717, 1.165) is 18.0 Å². The number of H-pyrrole nitrogens is 1. The minimum Gasteiger partial charge on any atom is -0.354 e. The van der Waals surface area contributed by atoms with E-state index >= 15 is 0 Å². The minimum atomic E-state index is -0.193. The van der Waals surface area contributed by atoms with Crippen LogP contribution in [0.1, 0.15) is 18.5 Å². The van der Waals surface area contributed by atoms with Gasteiger partial charge in [0.1, 0.15) is 0 Å². The summed E-state index contributed by atoms with van der Waals surface area (Å²) in [6.07, 6.45) is 3.30. The molecular formula is C16H19N5O2S. The third kappa shape index (κ3) is 4.58. The molecule has 0 spiro atoms. The number of pyridine rings is 1. The van der Waals surface area contributed by atoms with Crippen LogP contribution in [0.4, 0.5) is 5.95 Å². The molecule has 8 heteroatoms. The van der Waals surface area contributed by atoms with Gasteiger partial charge in [0.05, 0.1) is 10.7 Å². The number of nitrogens with zero attached hydrogens (tertiary/aromatic N) is 3. The van der Waals surface area contributed by atoms with Gasteiger partial charge in [-0.25, -0.2) is 9.97 Å². The highest BCUT2D eigenvalue weighted by Crippen LogP contribution is 2.18. The molecule has 0 unspecified atom stereocenters. The molecule has 2 aromatic rings. The summed E-state index contributed by atoms with van der Waals surface area (Å²) in [5, 5.41) is 3.98. The van der Waals surface area contributed by atoms with Gasteiger partial charge >= 0.3 is 0 Å². The lowest BCUT2D eigenvalue weighted by Crippen LogP contribution is -2.30. The van der Waals surface area contributed by atoms with Gasteiger partial charge in [-0.3, -0.25) is 14.6 Å². The normalized spacial score (nSPS) is 14.2. The molecule has 0 aliphatic carbocycles. The van der Waals surface area contributed by atoms with Gasteiger partial charge in [-0.2, -0.15) is 0 Å². The highest BCUT2D eigenvalue weighted by atomic mass is 32.2. The van der Waals surface area contributed by atoms with Crippen molar-refractivity contribution in [1.82, 2.24) is 19.9 Å². The van der Waals surface area contributed by atoms with E-state index in [-0.39, 0.29) is 11.5 Å². The van der Waals surface area contributed by atoms with Gasteiger partial charge in [-0.1, -0.05) is 6.07 Å². The van der Waals surface area contributed by atoms with Crippen LogP contribution in [0.3, 0.4) is 0 Å². The van der Waals surface area contributed by atoms with Gasteiger partial charge in [0.25, 0.3) is 5.56 Å². The Bertz CT molecular complexity index is 750. The highest BCUT2D eigenvalue weighted by molar-refractivity contribution is 7.98. The molecule has 3 rings (SSSR count). The predicted octanol–water partition coefficient (Wildman–Crippen LogP) is 1.49. The van der Waals surface area contributed by atoms with Crippen LogP contribution >= 0.6 is 11.8 Å². The van der Waals surface area contributed by atoms with Crippen molar-refractivity contribution in [1.29, 1.82) is 0 Å². The standard InChI is InChI=1S/C16H19N5O2S/c22-13-10-12(11-24-14-4-1-2-6-17-14)19-16(20-13)18-7-9-21-8-3-5-15(21)23/h1-2,4,6,10H,3,5,7-9,11H2,(H2,18,19,20,22). The van der Waals surface area contributed by atoms with E-state index in [1.165, 1.54) is 17.8 Å². The number of rotatable bonds is 7. The van der Waals surface area contributed by atoms with Gasteiger partial charge in [-0.05, 0) is 18.6 Å². The fourth-order valence-electron chi connectivity index (χ4n) is 2.50. The molecule has 126 valence electrons. The maximum Gasteiger partial charge on any atom is 0.252 e. The number of thioether (sulfide) groups is 1. The van der Waals surface area contributed by atoms with Gasteiger partial charge in [0.15, 0.2) is 0 Å². The van der Waals surface area contributed by atoms with Crippen molar-refractivity contribution in [2.45, 2.75) is 23.6 Å². The van der Waals surface area contributed by atoms with E-state index in [0.29, 0.717) is 36.9 Å². The van der Waals surface area contributed by atoms with Gasteiger partial charge in [0, 0.05) is 44.1 Å². The third-order valence-electron chi connectivity index (χ3n) is 3.65. The lowest BCUT2D eigenvalue weighted by Gasteiger charge is -2.15. The molecule has 0 radical (unpaired) electrons. The summed E-state index contributed by atoms with van der Waals surface area (Å²) in [6.45, 7) is 1.99. The molecule has 0 bridgehead atoms. The van der Waals surface area contributed by atoms with E-state index < -0.39 is 0 Å². The van der Waals surface area contributed by atoms with E-state index in [1.54, 1.807) is 6.20 Å². The molecule has 1 saturated heterocycles. The summed E-state index contributed by atoms with van der Waals surface area (Å²) in [6, 6.07) is 7.20. The molecule has 2 aromatic heterocycles. The molecule has 24 heavy (non-hydrogen) atoms. The topological polar surface area (TPSA) is 91.0 Å². The molecule has 0 saturated carbocycles. The number of hydrogen-bond donors (Lipinski definition) is 2. The van der Waals surface area contributed by atoms with Gasteiger partial charge < -0.3 is 10.2 Å². The van der Waals surface area contributed by atoms with Crippen molar-refractivity contribution in [3.8, 4) is 0 Å². The number of aromatic nitrogens is 3. The molecule has 1 aliphatic rings. The van der Waals surface area contributed by atoms with E-state index in [9.17, 15) is 9.59 Å². The Hall–Kier alpha value is -2.35. The largest absolute Gasteiger partial charge is 0.354 e. The molecule has 1 fully saturated rings. The van der Waals surface area contributed by atoms with Crippen molar-refractivity contribution in [2.75, 3.05) is 25.0 Å². The zero-order chi connectivity index (χ0) is 16.8. The Morgan fingerprint density at radius 3 is 3.00 bits per heavy atom. The highest BCUT2D eigenvalue weighted by Gasteiger charge is 2.19. The first-order valence-electron chi connectivity index (χ1n) is 7.86. The van der Waals surface area contributed by atoms with Crippen molar-refractivity contribution in [2.24, 2.45) is 0 Å². The molecule has 0 atom stereocenters. The smallest absolute Gasteiger partial charge is 0.252 e. The summed E-state index contributed by atoms with van der Waals surface area (Å²) in [5.74, 6) is 1.20. The molecule has 1 amide bonds. The number of aromatic amines is 1. The summed E-state index contributed by atoms with van der Waals surface area (Å²) >= 11 is 1.53. The first-order valence-corrected chi connectivity index (χ1v) is 8.85. The van der Waals surface area contributed by atoms with Crippen LogP contribution in [0.2, 0.25) is 0 Å². The fraction of sp³-hybridized carbons (Fsp3) is 0.375. The minimum absolute atomic E-state index is 0.193. The molecule has 7 nitrogen and oxygen atoms in total. The Labute approximate surface area is 143 Å². The van der Waals surface area contributed by atoms with E-state index in [2.05, 4.69) is 20.3 Å². The third-order valence-corrected chi connectivity index (χ3v) is 4.62. The number of carbonyl (C=O) groups excluding carboxylic acids is 1. The van der Waals surface area contributed by atoms with Crippen LogP contribution in [0, 0.1) is 0 Å². The predicted molar refractivity (Wildman–Crippen MR) is 93.0 cm³/mol. The SMILES string of the molecule is O=C1CCCN1CCNc1nc(CSc2ccccn2)cc(=O)[nH]1. The maximum absolute atomic E-state index is 11.8. The number of amides is 1. The van der Waals surface area contributed by atoms with Crippen molar-refractivity contribution < 1.29 is 4.79 Å². The Balaban J connectivity index is 1.55. The van der Waals surface area contributed by atoms with Gasteiger partial charge in [-0.15, -0.1) is 11.8 Å². The van der Waals surface area contributed by atoms with Crippen molar-refractivity contribution in [3.63, 3.8) is 0 Å². The van der Waals surface area contributed by atoms with Crippen LogP contribution in [0.15, 0.2) is 40.3 Å². The first-order chi connectivity index (χ1) is 11.7. The maximum atomic E-state index is 11.8. The zero-order valence-corrected chi connectivity index (χ0v) is 14.0. The first kappa shape index (κ1) is 16.5. The van der Waals surface area contributed by atoms with Crippen molar-refractivity contribution >= 4 is 23.6 Å². The lowest BCUT2D eigenvalue weighted by atomic mass is 10.4. The Morgan fingerprint density at radius 1 is 1.33 bits per heavy atom. The van der Waals surface area contributed by atoms with Crippen LogP contribution in [0.25, 0.3) is 0 Å². The lowest BCUT2D eigenvalue weighted by molar-refractivity contribution is -0.127. The monoisotopic (exact) mass is 345 g/mol. The summed E-state index contributed by atoms with van der Waals surface area (Å²) in [5.41, 5.74) is 0.496. The number of nitrogens with one attached hydrogen (secondary N) is 2. The molecule has 2 N–H and O–H groups in total. The molecule has 1 aliphatic heterocycles.